The van der Waals surface area contributed by atoms with Gasteiger partial charge in [0.25, 0.3) is 0 Å². The van der Waals surface area contributed by atoms with Crippen LogP contribution in [0.25, 0.3) is 5.70 Å². The molecule has 0 radical (unpaired) electrons. The first-order chi connectivity index (χ1) is 15.3. The Bertz CT molecular complexity index is 1050. The van der Waals surface area contributed by atoms with Gasteiger partial charge in [0, 0.05) is 20.1 Å². The number of alkyl halides is 3. The Balaban J connectivity index is 1.71. The second kappa shape index (κ2) is 8.67. The highest BCUT2D eigenvalue weighted by Gasteiger charge is 2.38. The monoisotopic (exact) mass is 440 g/mol. The minimum absolute atomic E-state index is 0.0206. The van der Waals surface area contributed by atoms with Gasteiger partial charge in [0.1, 0.15) is 6.04 Å². The molecule has 166 valence electrons. The Kier molecular flexibility index (Phi) is 5.94. The third-order valence-electron chi connectivity index (χ3n) is 5.93. The highest BCUT2D eigenvalue weighted by atomic mass is 19.4. The van der Waals surface area contributed by atoms with Crippen LogP contribution in [0.1, 0.15) is 36.0 Å². The number of hydrogen-bond donors (Lipinski definition) is 0. The van der Waals surface area contributed by atoms with Crippen LogP contribution in [0.4, 0.5) is 18.9 Å². The van der Waals surface area contributed by atoms with E-state index in [0.717, 1.165) is 37.0 Å². The smallest absolute Gasteiger partial charge is 0.341 e. The molecular formula is C24H23F3N4O. The number of likely N-dealkylation sites (tertiary alicyclic amines) is 1. The molecule has 0 aliphatic carbocycles. The lowest BCUT2D eigenvalue weighted by Gasteiger charge is -2.35. The highest BCUT2D eigenvalue weighted by Crippen LogP contribution is 2.37. The van der Waals surface area contributed by atoms with Gasteiger partial charge < -0.3 is 4.90 Å². The molecule has 2 aliphatic heterocycles. The van der Waals surface area contributed by atoms with Crippen molar-refractivity contribution < 1.29 is 18.0 Å². The molecule has 2 aromatic carbocycles. The third kappa shape index (κ3) is 4.21. The van der Waals surface area contributed by atoms with Gasteiger partial charge in [0.15, 0.2) is 0 Å². The molecule has 0 bridgehead atoms. The van der Waals surface area contributed by atoms with E-state index in [1.807, 2.05) is 11.0 Å². The molecule has 0 aromatic heterocycles. The van der Waals surface area contributed by atoms with E-state index in [9.17, 15) is 18.0 Å². The first-order valence-electron chi connectivity index (χ1n) is 10.5. The topological polar surface area (TPSA) is 50.6 Å². The number of rotatable bonds is 3. The number of nitrogens with zero attached hydrogens (tertiary/aromatic N) is 4. The van der Waals surface area contributed by atoms with E-state index in [1.54, 1.807) is 41.3 Å². The van der Waals surface area contributed by atoms with Gasteiger partial charge in [0.2, 0.25) is 5.91 Å². The summed E-state index contributed by atoms with van der Waals surface area (Å²) in [5.74, 6) is -0.0206. The standard InChI is InChI=1S/C24H23F3N4O/c1-29-22(23(32)30-13-3-2-4-14-30)15-21(18-7-5-17(16-28)6-8-18)31(29)20-11-9-19(10-12-20)24(25,26)27/h5-12,15,22H,2-4,13-14H2,1H3. The van der Waals surface area contributed by atoms with Crippen LogP contribution >= 0.6 is 0 Å². The van der Waals surface area contributed by atoms with Crippen molar-refractivity contribution in [1.82, 2.24) is 9.91 Å². The Morgan fingerprint density at radius 2 is 1.62 bits per heavy atom. The van der Waals surface area contributed by atoms with E-state index in [4.69, 9.17) is 5.26 Å². The number of anilines is 1. The Labute approximate surface area is 184 Å². The van der Waals surface area contributed by atoms with Crippen LogP contribution in [0.15, 0.2) is 54.6 Å². The summed E-state index contributed by atoms with van der Waals surface area (Å²) in [5, 5.41) is 12.6. The molecule has 8 heteroatoms. The molecule has 0 saturated carbocycles. The van der Waals surface area contributed by atoms with Crippen molar-refractivity contribution in [2.24, 2.45) is 0 Å². The first kappa shape index (κ1) is 21.9. The van der Waals surface area contributed by atoms with E-state index in [0.29, 0.717) is 30.0 Å². The number of amides is 1. The predicted molar refractivity (Wildman–Crippen MR) is 115 cm³/mol. The largest absolute Gasteiger partial charge is 0.416 e. The van der Waals surface area contributed by atoms with Crippen molar-refractivity contribution in [3.63, 3.8) is 0 Å². The van der Waals surface area contributed by atoms with Crippen molar-refractivity contribution in [1.29, 1.82) is 5.26 Å². The Hall–Kier alpha value is -3.31. The normalized spacial score (nSPS) is 19.6. The van der Waals surface area contributed by atoms with E-state index in [2.05, 4.69) is 6.07 Å². The summed E-state index contributed by atoms with van der Waals surface area (Å²) in [7, 11) is 1.76. The lowest BCUT2D eigenvalue weighted by Crippen LogP contribution is -2.49. The molecule has 5 nitrogen and oxygen atoms in total. The van der Waals surface area contributed by atoms with Gasteiger partial charge in [-0.05, 0) is 67.3 Å². The zero-order chi connectivity index (χ0) is 22.9. The van der Waals surface area contributed by atoms with Gasteiger partial charge in [0.05, 0.1) is 28.6 Å². The number of piperidine rings is 1. The summed E-state index contributed by atoms with van der Waals surface area (Å²) in [4.78, 5) is 15.1. The molecule has 1 amide bonds. The average molecular weight is 440 g/mol. The van der Waals surface area contributed by atoms with E-state index in [-0.39, 0.29) is 5.91 Å². The molecular weight excluding hydrogens is 417 g/mol. The quantitative estimate of drug-likeness (QED) is 0.696. The van der Waals surface area contributed by atoms with Gasteiger partial charge in [-0.1, -0.05) is 12.1 Å². The number of hydrazine groups is 1. The van der Waals surface area contributed by atoms with E-state index < -0.39 is 17.8 Å². The van der Waals surface area contributed by atoms with E-state index >= 15 is 0 Å². The SMILES string of the molecule is CN1C(C(=O)N2CCCCC2)C=C(c2ccc(C#N)cc2)N1c1ccc(C(F)(F)F)cc1. The molecule has 1 atom stereocenters. The summed E-state index contributed by atoms with van der Waals surface area (Å²) in [6, 6.07) is 13.3. The molecule has 2 aromatic rings. The zero-order valence-electron chi connectivity index (χ0n) is 17.6. The third-order valence-corrected chi connectivity index (χ3v) is 5.93. The average Bonchev–Trinajstić information content (AvgIpc) is 3.15. The summed E-state index contributed by atoms with van der Waals surface area (Å²) >= 11 is 0. The van der Waals surface area contributed by atoms with Crippen LogP contribution < -0.4 is 5.01 Å². The minimum Gasteiger partial charge on any atom is -0.341 e. The fraction of sp³-hybridized carbons (Fsp3) is 0.333. The molecule has 2 aliphatic rings. The molecule has 1 fully saturated rings. The van der Waals surface area contributed by atoms with Crippen LogP contribution in [-0.4, -0.2) is 42.0 Å². The van der Waals surface area contributed by atoms with Gasteiger partial charge in [-0.2, -0.15) is 18.4 Å². The maximum Gasteiger partial charge on any atom is 0.416 e. The second-order valence-electron chi connectivity index (χ2n) is 8.00. The van der Waals surface area contributed by atoms with Gasteiger partial charge >= 0.3 is 6.18 Å². The van der Waals surface area contributed by atoms with Gasteiger partial charge in [-0.15, -0.1) is 0 Å². The number of hydrogen-bond acceptors (Lipinski definition) is 4. The minimum atomic E-state index is -4.42. The highest BCUT2D eigenvalue weighted by molar-refractivity contribution is 5.92. The Morgan fingerprint density at radius 3 is 2.19 bits per heavy atom. The maximum atomic E-state index is 13.3. The van der Waals surface area contributed by atoms with Gasteiger partial charge in [-0.25, -0.2) is 5.01 Å². The number of benzene rings is 2. The number of nitriles is 1. The zero-order valence-corrected chi connectivity index (χ0v) is 17.6. The first-order valence-corrected chi connectivity index (χ1v) is 10.5. The summed E-state index contributed by atoms with van der Waals surface area (Å²) in [6.07, 6.45) is 0.465. The summed E-state index contributed by atoms with van der Waals surface area (Å²) in [6.45, 7) is 1.42. The lowest BCUT2D eigenvalue weighted by molar-refractivity contribution is -0.137. The Morgan fingerprint density at radius 1 is 1.00 bits per heavy atom. The number of likely N-dealkylation sites (N-methyl/N-ethyl adjacent to an activating group) is 1. The van der Waals surface area contributed by atoms with Crippen molar-refractivity contribution in [3.05, 3.63) is 71.3 Å². The summed E-state index contributed by atoms with van der Waals surface area (Å²) in [5.41, 5.74) is 1.75. The van der Waals surface area contributed by atoms with Crippen LogP contribution in [-0.2, 0) is 11.0 Å². The fourth-order valence-electron chi connectivity index (χ4n) is 4.20. The van der Waals surface area contributed by atoms with Gasteiger partial charge in [-0.3, -0.25) is 9.80 Å². The molecule has 1 saturated heterocycles. The molecule has 0 N–H and O–H groups in total. The van der Waals surface area contributed by atoms with Crippen molar-refractivity contribution in [2.75, 3.05) is 25.1 Å². The van der Waals surface area contributed by atoms with Crippen molar-refractivity contribution in [2.45, 2.75) is 31.5 Å². The van der Waals surface area contributed by atoms with Crippen LogP contribution in [0.5, 0.6) is 0 Å². The fourth-order valence-corrected chi connectivity index (χ4v) is 4.20. The van der Waals surface area contributed by atoms with Crippen LogP contribution in [0.3, 0.4) is 0 Å². The molecule has 32 heavy (non-hydrogen) atoms. The van der Waals surface area contributed by atoms with Crippen molar-refractivity contribution >= 4 is 17.3 Å². The predicted octanol–water partition coefficient (Wildman–Crippen LogP) is 4.67. The second-order valence-corrected chi connectivity index (χ2v) is 8.00. The number of halogens is 3. The number of carbonyl (C=O) groups excluding carboxylic acids is 1. The summed E-state index contributed by atoms with van der Waals surface area (Å²) < 4.78 is 39.1. The molecule has 0 spiro atoms. The maximum absolute atomic E-state index is 13.3. The van der Waals surface area contributed by atoms with Crippen LogP contribution in [0.2, 0.25) is 0 Å². The van der Waals surface area contributed by atoms with E-state index in [1.165, 1.54) is 12.1 Å². The molecule has 1 unspecified atom stereocenters. The number of carbonyl (C=O) groups is 1. The molecule has 2 heterocycles. The van der Waals surface area contributed by atoms with Crippen molar-refractivity contribution in [3.8, 4) is 6.07 Å². The lowest BCUT2D eigenvalue weighted by atomic mass is 10.1. The molecule has 4 rings (SSSR count). The van der Waals surface area contributed by atoms with Crippen LogP contribution in [0, 0.1) is 11.3 Å².